The van der Waals surface area contributed by atoms with Gasteiger partial charge in [-0.15, -0.1) is 5.10 Å². The molecule has 4 heterocycles. The van der Waals surface area contributed by atoms with Crippen LogP contribution >= 0.6 is 0 Å². The monoisotopic (exact) mass is 368 g/mol. The van der Waals surface area contributed by atoms with Gasteiger partial charge in [0.25, 0.3) is 5.91 Å². The minimum atomic E-state index is -0.184. The number of nitrogens with zero attached hydrogens (tertiary/aromatic N) is 6. The highest BCUT2D eigenvalue weighted by atomic mass is 16.1. The lowest BCUT2D eigenvalue weighted by Gasteiger charge is -2.36. The fourth-order valence-corrected chi connectivity index (χ4v) is 3.25. The number of amides is 1. The van der Waals surface area contributed by atoms with E-state index in [4.69, 9.17) is 5.73 Å². The Morgan fingerprint density at radius 2 is 2.15 bits per heavy atom. The molecule has 3 aromatic heterocycles. The van der Waals surface area contributed by atoms with Crippen molar-refractivity contribution in [3.05, 3.63) is 30.2 Å². The second-order valence-corrected chi connectivity index (χ2v) is 7.25. The van der Waals surface area contributed by atoms with Crippen LogP contribution in [0.15, 0.2) is 24.7 Å². The fourth-order valence-electron chi connectivity index (χ4n) is 3.25. The first kappa shape index (κ1) is 17.5. The van der Waals surface area contributed by atoms with E-state index in [0.717, 1.165) is 30.6 Å². The molecule has 0 saturated carbocycles. The third-order valence-corrected chi connectivity index (χ3v) is 5.04. The van der Waals surface area contributed by atoms with Gasteiger partial charge in [0.05, 0.1) is 17.8 Å². The number of nitrogens with two attached hydrogens (primary N) is 1. The predicted molar refractivity (Wildman–Crippen MR) is 102 cm³/mol. The summed E-state index contributed by atoms with van der Waals surface area (Å²) < 4.78 is 3.54. The molecule has 1 fully saturated rings. The van der Waals surface area contributed by atoms with E-state index in [1.165, 1.54) is 0 Å². The van der Waals surface area contributed by atoms with Crippen molar-refractivity contribution in [3.8, 4) is 11.1 Å². The van der Waals surface area contributed by atoms with Crippen LogP contribution in [-0.4, -0.2) is 61.4 Å². The number of nitrogen functional groups attached to an aromatic ring is 1. The van der Waals surface area contributed by atoms with Gasteiger partial charge < -0.3 is 16.0 Å². The molecule has 4 rings (SSSR count). The van der Waals surface area contributed by atoms with Gasteiger partial charge in [0.2, 0.25) is 5.95 Å². The number of rotatable bonds is 5. The molecule has 9 nitrogen and oxygen atoms in total. The first-order chi connectivity index (χ1) is 12.9. The molecule has 1 unspecified atom stereocenters. The van der Waals surface area contributed by atoms with Crippen LogP contribution in [0.1, 0.15) is 36.7 Å². The van der Waals surface area contributed by atoms with E-state index in [9.17, 15) is 4.79 Å². The smallest absolute Gasteiger partial charge is 0.255 e. The van der Waals surface area contributed by atoms with E-state index in [-0.39, 0.29) is 17.9 Å². The average molecular weight is 368 g/mol. The number of pyridine rings is 1. The van der Waals surface area contributed by atoms with Crippen LogP contribution < -0.4 is 11.1 Å². The van der Waals surface area contributed by atoms with Crippen molar-refractivity contribution >= 4 is 17.5 Å². The third kappa shape index (κ3) is 3.25. The highest BCUT2D eigenvalue weighted by molar-refractivity contribution is 6.01. The largest absolute Gasteiger partial charge is 0.366 e. The standard InChI is InChI=1S/C18H24N8O/c1-4-11(2)21-17(27)15-5-12(7-26-16(15)22-18(19)23-26)13-6-20-25(8-13)14-9-24(3)10-14/h5-8,11,14H,4,9-10H2,1-3H3,(H2,19,23)(H,21,27). The maximum Gasteiger partial charge on any atom is 0.255 e. The Morgan fingerprint density at radius 1 is 1.37 bits per heavy atom. The predicted octanol–water partition coefficient (Wildman–Crippen LogP) is 1.19. The zero-order chi connectivity index (χ0) is 19.1. The number of nitrogens with one attached hydrogen (secondary N) is 1. The van der Waals surface area contributed by atoms with E-state index < -0.39 is 0 Å². The number of anilines is 1. The van der Waals surface area contributed by atoms with Gasteiger partial charge in [0.1, 0.15) is 0 Å². The fraction of sp³-hybridized carbons (Fsp3) is 0.444. The summed E-state index contributed by atoms with van der Waals surface area (Å²) in [6.07, 6.45) is 6.50. The van der Waals surface area contributed by atoms with Gasteiger partial charge in [-0.3, -0.25) is 9.48 Å². The molecular weight excluding hydrogens is 344 g/mol. The summed E-state index contributed by atoms with van der Waals surface area (Å²) in [5.41, 5.74) is 8.44. The van der Waals surface area contributed by atoms with Crippen molar-refractivity contribution in [1.82, 2.24) is 34.6 Å². The van der Waals surface area contributed by atoms with Crippen molar-refractivity contribution in [2.24, 2.45) is 0 Å². The highest BCUT2D eigenvalue weighted by Gasteiger charge is 2.26. The first-order valence-corrected chi connectivity index (χ1v) is 9.14. The molecule has 3 N–H and O–H groups in total. The molecule has 3 aromatic rings. The van der Waals surface area contributed by atoms with Crippen LogP contribution in [0, 0.1) is 0 Å². The lowest BCUT2D eigenvalue weighted by Crippen LogP contribution is -2.45. The van der Waals surface area contributed by atoms with Crippen molar-refractivity contribution in [2.45, 2.75) is 32.4 Å². The van der Waals surface area contributed by atoms with Gasteiger partial charge in [-0.1, -0.05) is 6.92 Å². The molecule has 1 aliphatic heterocycles. The van der Waals surface area contributed by atoms with Gasteiger partial charge in [-0.05, 0) is 26.5 Å². The van der Waals surface area contributed by atoms with Gasteiger partial charge in [0, 0.05) is 42.7 Å². The van der Waals surface area contributed by atoms with E-state index in [0.29, 0.717) is 17.3 Å². The van der Waals surface area contributed by atoms with Crippen LogP contribution in [0.3, 0.4) is 0 Å². The summed E-state index contributed by atoms with van der Waals surface area (Å²) in [7, 11) is 2.09. The zero-order valence-corrected chi connectivity index (χ0v) is 15.8. The van der Waals surface area contributed by atoms with Crippen molar-refractivity contribution in [1.29, 1.82) is 0 Å². The molecule has 1 atom stereocenters. The number of fused-ring (bicyclic) bond motifs is 1. The minimum Gasteiger partial charge on any atom is -0.366 e. The molecule has 9 heteroatoms. The quantitative estimate of drug-likeness (QED) is 0.701. The van der Waals surface area contributed by atoms with Gasteiger partial charge >= 0.3 is 0 Å². The number of hydrogen-bond donors (Lipinski definition) is 2. The Hall–Kier alpha value is -2.94. The van der Waals surface area contributed by atoms with Gasteiger partial charge in [0.15, 0.2) is 5.65 Å². The van der Waals surface area contributed by atoms with Crippen molar-refractivity contribution in [2.75, 3.05) is 25.9 Å². The maximum absolute atomic E-state index is 12.8. The third-order valence-electron chi connectivity index (χ3n) is 5.04. The summed E-state index contributed by atoms with van der Waals surface area (Å²) in [5.74, 6) is -0.0467. The van der Waals surface area contributed by atoms with E-state index >= 15 is 0 Å². The van der Waals surface area contributed by atoms with Crippen molar-refractivity contribution in [3.63, 3.8) is 0 Å². The number of aromatic nitrogens is 5. The number of carbonyl (C=O) groups excluding carboxylic acids is 1. The number of likely N-dealkylation sites (tertiary alicyclic amines) is 1. The maximum atomic E-state index is 12.8. The molecule has 27 heavy (non-hydrogen) atoms. The SMILES string of the molecule is CCC(C)NC(=O)c1cc(-c2cnn(C3CN(C)C3)c2)cn2nc(N)nc12. The Morgan fingerprint density at radius 3 is 2.85 bits per heavy atom. The lowest BCUT2D eigenvalue weighted by atomic mass is 10.1. The van der Waals surface area contributed by atoms with E-state index in [1.807, 2.05) is 43.2 Å². The Labute approximate surface area is 157 Å². The van der Waals surface area contributed by atoms with Gasteiger partial charge in [-0.25, -0.2) is 4.52 Å². The van der Waals surface area contributed by atoms with Crippen LogP contribution in [-0.2, 0) is 0 Å². The van der Waals surface area contributed by atoms with Crippen molar-refractivity contribution < 1.29 is 4.79 Å². The summed E-state index contributed by atoms with van der Waals surface area (Å²) in [6.45, 7) is 5.97. The second-order valence-electron chi connectivity index (χ2n) is 7.25. The summed E-state index contributed by atoms with van der Waals surface area (Å²) in [5, 5.41) is 11.7. The molecule has 1 aliphatic rings. The minimum absolute atomic E-state index is 0.0693. The Bertz CT molecular complexity index is 985. The average Bonchev–Trinajstić information content (AvgIpc) is 3.23. The van der Waals surface area contributed by atoms with Crippen LogP contribution in [0.5, 0.6) is 0 Å². The second kappa shape index (κ2) is 6.66. The number of likely N-dealkylation sites (N-methyl/N-ethyl adjacent to an activating group) is 1. The number of hydrogen-bond acceptors (Lipinski definition) is 6. The van der Waals surface area contributed by atoms with Crippen LogP contribution in [0.4, 0.5) is 5.95 Å². The summed E-state index contributed by atoms with van der Waals surface area (Å²) >= 11 is 0. The van der Waals surface area contributed by atoms with E-state index in [2.05, 4.69) is 32.4 Å². The zero-order valence-electron chi connectivity index (χ0n) is 15.8. The molecule has 0 radical (unpaired) electrons. The van der Waals surface area contributed by atoms with Gasteiger partial charge in [-0.2, -0.15) is 10.1 Å². The normalized spacial score (nSPS) is 16.4. The molecule has 0 aliphatic carbocycles. The molecule has 0 bridgehead atoms. The molecule has 0 spiro atoms. The van der Waals surface area contributed by atoms with Crippen LogP contribution in [0.25, 0.3) is 16.8 Å². The summed E-state index contributed by atoms with van der Waals surface area (Å²) in [6, 6.07) is 2.29. The Balaban J connectivity index is 1.72. The van der Waals surface area contributed by atoms with Crippen LogP contribution in [0.2, 0.25) is 0 Å². The molecule has 1 saturated heterocycles. The number of carbonyl (C=O) groups is 1. The summed E-state index contributed by atoms with van der Waals surface area (Å²) in [4.78, 5) is 19.2. The highest BCUT2D eigenvalue weighted by Crippen LogP contribution is 2.26. The molecule has 142 valence electrons. The molecule has 1 amide bonds. The lowest BCUT2D eigenvalue weighted by molar-refractivity contribution is 0.0940. The molecular formula is C18H24N8O. The first-order valence-electron chi connectivity index (χ1n) is 9.14. The van der Waals surface area contributed by atoms with E-state index in [1.54, 1.807) is 4.52 Å². The molecule has 0 aromatic carbocycles. The Kier molecular flexibility index (Phi) is 4.31. The topological polar surface area (TPSA) is 106 Å².